The van der Waals surface area contributed by atoms with E-state index in [1.807, 2.05) is 0 Å². The van der Waals surface area contributed by atoms with E-state index in [4.69, 9.17) is 9.84 Å². The molecule has 3 N–H and O–H groups in total. The quantitative estimate of drug-likeness (QED) is 0.684. The van der Waals surface area contributed by atoms with Gasteiger partial charge >= 0.3 is 18.0 Å². The van der Waals surface area contributed by atoms with Crippen LogP contribution >= 0.6 is 0 Å². The first-order valence-electron chi connectivity index (χ1n) is 7.53. The summed E-state index contributed by atoms with van der Waals surface area (Å²) in [6.07, 6.45) is -0.165. The van der Waals surface area contributed by atoms with E-state index in [9.17, 15) is 19.5 Å². The lowest BCUT2D eigenvalue weighted by molar-refractivity contribution is -0.145. The van der Waals surface area contributed by atoms with Gasteiger partial charge in [-0.3, -0.25) is 9.59 Å². The number of likely N-dealkylation sites (tertiary alicyclic amines) is 1. The van der Waals surface area contributed by atoms with Crippen molar-refractivity contribution in [2.75, 3.05) is 26.7 Å². The van der Waals surface area contributed by atoms with Crippen molar-refractivity contribution in [1.82, 2.24) is 10.2 Å². The number of carbonyl (C=O) groups is 3. The predicted molar refractivity (Wildman–Crippen MR) is 83.6 cm³/mol. The number of benzene rings is 1. The third-order valence-electron chi connectivity index (χ3n) is 4.05. The van der Waals surface area contributed by atoms with Crippen LogP contribution in [0.4, 0.5) is 4.79 Å². The molecule has 2 atom stereocenters. The van der Waals surface area contributed by atoms with Crippen LogP contribution in [0.5, 0.6) is 5.75 Å². The number of hydrogen-bond donors (Lipinski definition) is 3. The highest BCUT2D eigenvalue weighted by Gasteiger charge is 2.41. The molecule has 0 aromatic heterocycles. The van der Waals surface area contributed by atoms with Crippen molar-refractivity contribution in [2.24, 2.45) is 5.92 Å². The third-order valence-corrected chi connectivity index (χ3v) is 4.05. The Labute approximate surface area is 139 Å². The molecular weight excluding hydrogens is 316 g/mol. The van der Waals surface area contributed by atoms with Crippen LogP contribution in [0.3, 0.4) is 0 Å². The number of esters is 1. The van der Waals surface area contributed by atoms with Crippen LogP contribution < -0.4 is 5.32 Å². The summed E-state index contributed by atoms with van der Waals surface area (Å²) in [5.41, 5.74) is 0.823. The van der Waals surface area contributed by atoms with Gasteiger partial charge in [-0.1, -0.05) is 12.1 Å². The average Bonchev–Trinajstić information content (AvgIpc) is 2.99. The number of carboxylic acids is 1. The summed E-state index contributed by atoms with van der Waals surface area (Å²) in [4.78, 5) is 36.1. The van der Waals surface area contributed by atoms with E-state index in [0.717, 1.165) is 5.56 Å². The fourth-order valence-corrected chi connectivity index (χ4v) is 2.81. The third kappa shape index (κ3) is 4.15. The molecule has 0 unspecified atom stereocenters. The molecular formula is C16H20N2O6. The smallest absolute Gasteiger partial charge is 0.317 e. The molecule has 0 bridgehead atoms. The number of ether oxygens (including phenoxy) is 1. The summed E-state index contributed by atoms with van der Waals surface area (Å²) in [6.45, 7) is 0.526. The Morgan fingerprint density at radius 2 is 1.92 bits per heavy atom. The number of rotatable bonds is 5. The lowest BCUT2D eigenvalue weighted by atomic mass is 9.89. The second-order valence-corrected chi connectivity index (χ2v) is 5.61. The Morgan fingerprint density at radius 3 is 2.50 bits per heavy atom. The summed E-state index contributed by atoms with van der Waals surface area (Å²) in [7, 11) is 1.30. The van der Waals surface area contributed by atoms with E-state index in [1.54, 1.807) is 12.1 Å². The van der Waals surface area contributed by atoms with E-state index in [1.165, 1.54) is 24.1 Å². The number of aliphatic carboxylic acids is 1. The molecule has 2 rings (SSSR count). The average molecular weight is 336 g/mol. The van der Waals surface area contributed by atoms with E-state index in [0.29, 0.717) is 6.54 Å². The predicted octanol–water partition coefficient (Wildman–Crippen LogP) is 0.765. The second kappa shape index (κ2) is 7.67. The summed E-state index contributed by atoms with van der Waals surface area (Å²) >= 11 is 0. The van der Waals surface area contributed by atoms with E-state index in [-0.39, 0.29) is 31.2 Å². The van der Waals surface area contributed by atoms with Gasteiger partial charge in [0.1, 0.15) is 5.75 Å². The minimum atomic E-state index is -0.994. The molecule has 1 aromatic carbocycles. The van der Waals surface area contributed by atoms with Gasteiger partial charge in [0.15, 0.2) is 0 Å². The lowest BCUT2D eigenvalue weighted by Gasteiger charge is -2.17. The normalized spacial score (nSPS) is 19.8. The van der Waals surface area contributed by atoms with Gasteiger partial charge in [-0.2, -0.15) is 0 Å². The molecule has 0 spiro atoms. The van der Waals surface area contributed by atoms with Crippen LogP contribution in [-0.4, -0.2) is 59.8 Å². The number of hydrogen-bond acceptors (Lipinski definition) is 5. The zero-order valence-electron chi connectivity index (χ0n) is 13.3. The van der Waals surface area contributed by atoms with Crippen molar-refractivity contribution < 1.29 is 29.3 Å². The van der Waals surface area contributed by atoms with Gasteiger partial charge in [0.05, 0.1) is 19.4 Å². The van der Waals surface area contributed by atoms with E-state index in [2.05, 4.69) is 5.32 Å². The Bertz CT molecular complexity index is 615. The molecule has 8 nitrogen and oxygen atoms in total. The number of nitrogens with one attached hydrogen (secondary N) is 1. The zero-order chi connectivity index (χ0) is 17.7. The molecule has 1 fully saturated rings. The molecule has 130 valence electrons. The van der Waals surface area contributed by atoms with Gasteiger partial charge in [0.25, 0.3) is 0 Å². The molecule has 0 aliphatic carbocycles. The van der Waals surface area contributed by atoms with Gasteiger partial charge in [-0.05, 0) is 17.7 Å². The Morgan fingerprint density at radius 1 is 1.25 bits per heavy atom. The van der Waals surface area contributed by atoms with E-state index < -0.39 is 23.9 Å². The molecule has 24 heavy (non-hydrogen) atoms. The van der Waals surface area contributed by atoms with Crippen LogP contribution in [0.1, 0.15) is 17.9 Å². The van der Waals surface area contributed by atoms with Gasteiger partial charge in [-0.25, -0.2) is 4.79 Å². The van der Waals surface area contributed by atoms with Crippen LogP contribution in [0.2, 0.25) is 0 Å². The number of urea groups is 1. The van der Waals surface area contributed by atoms with Crippen molar-refractivity contribution in [1.29, 1.82) is 0 Å². The van der Waals surface area contributed by atoms with Crippen LogP contribution in [0, 0.1) is 5.92 Å². The Kier molecular flexibility index (Phi) is 5.62. The number of amides is 2. The highest BCUT2D eigenvalue weighted by Crippen LogP contribution is 2.34. The Balaban J connectivity index is 2.09. The van der Waals surface area contributed by atoms with Crippen molar-refractivity contribution in [3.63, 3.8) is 0 Å². The topological polar surface area (TPSA) is 116 Å². The molecule has 8 heteroatoms. The summed E-state index contributed by atoms with van der Waals surface area (Å²) in [5.74, 6) is -2.04. The number of carbonyl (C=O) groups excluding carboxylic acids is 2. The number of phenolic OH excluding ortho intramolecular Hbond substituents is 1. The SMILES string of the molecule is COC(=O)[C@@H]1CN(C(=O)NCCC(=O)O)C[C@H]1c1ccc(O)cc1. The number of phenols is 1. The fourth-order valence-electron chi connectivity index (χ4n) is 2.81. The number of nitrogens with zero attached hydrogens (tertiary/aromatic N) is 1. The number of carboxylic acid groups (broad SMARTS) is 1. The highest BCUT2D eigenvalue weighted by atomic mass is 16.5. The number of methoxy groups -OCH3 is 1. The molecule has 0 radical (unpaired) electrons. The summed E-state index contributed by atoms with van der Waals surface area (Å²) in [6, 6.07) is 6.06. The van der Waals surface area contributed by atoms with Crippen LogP contribution in [0.15, 0.2) is 24.3 Å². The summed E-state index contributed by atoms with van der Waals surface area (Å²) in [5, 5.41) is 20.5. The standard InChI is InChI=1S/C16H20N2O6/c1-24-15(22)13-9-18(16(23)17-7-6-14(20)21)8-12(13)10-2-4-11(19)5-3-10/h2-5,12-13,19H,6-9H2,1H3,(H,17,23)(H,20,21)/t12-,13+/m0/s1. The van der Waals surface area contributed by atoms with Crippen molar-refractivity contribution in [3.05, 3.63) is 29.8 Å². The van der Waals surface area contributed by atoms with Crippen molar-refractivity contribution in [2.45, 2.75) is 12.3 Å². The zero-order valence-corrected chi connectivity index (χ0v) is 13.3. The van der Waals surface area contributed by atoms with Crippen molar-refractivity contribution in [3.8, 4) is 5.75 Å². The fraction of sp³-hybridized carbons (Fsp3) is 0.438. The molecule has 1 heterocycles. The Hall–Kier alpha value is -2.77. The largest absolute Gasteiger partial charge is 0.508 e. The maximum Gasteiger partial charge on any atom is 0.317 e. The number of aromatic hydroxyl groups is 1. The van der Waals surface area contributed by atoms with Gasteiger partial charge < -0.3 is 25.2 Å². The molecule has 1 aliphatic rings. The van der Waals surface area contributed by atoms with Gasteiger partial charge in [0.2, 0.25) is 0 Å². The molecule has 0 saturated carbocycles. The molecule has 2 amide bonds. The van der Waals surface area contributed by atoms with Gasteiger partial charge in [0, 0.05) is 25.6 Å². The molecule has 1 aliphatic heterocycles. The molecule has 1 saturated heterocycles. The first-order valence-corrected chi connectivity index (χ1v) is 7.53. The summed E-state index contributed by atoms with van der Waals surface area (Å²) < 4.78 is 4.83. The monoisotopic (exact) mass is 336 g/mol. The highest BCUT2D eigenvalue weighted by molar-refractivity contribution is 5.79. The minimum absolute atomic E-state index is 0.0252. The van der Waals surface area contributed by atoms with Crippen LogP contribution in [0.25, 0.3) is 0 Å². The van der Waals surface area contributed by atoms with Gasteiger partial charge in [-0.15, -0.1) is 0 Å². The van der Waals surface area contributed by atoms with E-state index >= 15 is 0 Å². The molecule has 1 aromatic rings. The van der Waals surface area contributed by atoms with Crippen molar-refractivity contribution >= 4 is 18.0 Å². The minimum Gasteiger partial charge on any atom is -0.508 e. The first kappa shape index (κ1) is 17.6. The maximum atomic E-state index is 12.1. The first-order chi connectivity index (χ1) is 11.4. The lowest BCUT2D eigenvalue weighted by Crippen LogP contribution is -2.39. The second-order valence-electron chi connectivity index (χ2n) is 5.61. The van der Waals surface area contributed by atoms with Crippen LogP contribution in [-0.2, 0) is 14.3 Å². The maximum absolute atomic E-state index is 12.1.